The van der Waals surface area contributed by atoms with Gasteiger partial charge in [0.2, 0.25) is 0 Å². The third-order valence-electron chi connectivity index (χ3n) is 3.12. The van der Waals surface area contributed by atoms with Gasteiger partial charge < -0.3 is 5.32 Å². The molecule has 2 aromatic rings. The van der Waals surface area contributed by atoms with E-state index in [-0.39, 0.29) is 11.9 Å². The highest BCUT2D eigenvalue weighted by Crippen LogP contribution is 2.13. The Morgan fingerprint density at radius 3 is 2.68 bits per heavy atom. The summed E-state index contributed by atoms with van der Waals surface area (Å²) in [5.74, 6) is -0.0562. The second-order valence-corrected chi connectivity index (χ2v) is 4.77. The third-order valence-corrected chi connectivity index (χ3v) is 3.12. The van der Waals surface area contributed by atoms with E-state index in [2.05, 4.69) is 10.3 Å². The fourth-order valence-electron chi connectivity index (χ4n) is 1.96. The van der Waals surface area contributed by atoms with Gasteiger partial charge >= 0.3 is 0 Å². The Hall–Kier alpha value is -2.16. The Bertz CT molecular complexity index is 579. The van der Waals surface area contributed by atoms with Crippen molar-refractivity contribution < 1.29 is 4.79 Å². The first-order valence-electron chi connectivity index (χ1n) is 6.37. The van der Waals surface area contributed by atoms with Crippen LogP contribution in [-0.2, 0) is 0 Å². The lowest BCUT2D eigenvalue weighted by Crippen LogP contribution is -2.27. The van der Waals surface area contributed by atoms with E-state index in [9.17, 15) is 4.79 Å². The smallest absolute Gasteiger partial charge is 0.252 e. The number of carbonyl (C=O) groups excluding carboxylic acids is 1. The summed E-state index contributed by atoms with van der Waals surface area (Å²) in [6, 6.07) is 11.5. The molecule has 0 bridgehead atoms. The molecule has 3 nitrogen and oxygen atoms in total. The van der Waals surface area contributed by atoms with Crippen LogP contribution in [0.25, 0.3) is 0 Å². The number of hydrogen-bond donors (Lipinski definition) is 1. The topological polar surface area (TPSA) is 42.0 Å². The number of carbonyl (C=O) groups is 1. The number of amides is 1. The number of aromatic nitrogens is 1. The van der Waals surface area contributed by atoms with E-state index >= 15 is 0 Å². The van der Waals surface area contributed by atoms with Crippen molar-refractivity contribution in [1.82, 2.24) is 10.3 Å². The summed E-state index contributed by atoms with van der Waals surface area (Å²) < 4.78 is 0. The number of benzene rings is 1. The van der Waals surface area contributed by atoms with Crippen molar-refractivity contribution in [3.05, 3.63) is 65.0 Å². The molecule has 1 heterocycles. The summed E-state index contributed by atoms with van der Waals surface area (Å²) in [6.07, 6.45) is 1.73. The first-order valence-corrected chi connectivity index (χ1v) is 6.37. The average Bonchev–Trinajstić information content (AvgIpc) is 2.42. The van der Waals surface area contributed by atoms with Gasteiger partial charge in [-0.2, -0.15) is 0 Å². The second-order valence-electron chi connectivity index (χ2n) is 4.77. The molecule has 1 amide bonds. The van der Waals surface area contributed by atoms with Gasteiger partial charge in [0, 0.05) is 11.8 Å². The average molecular weight is 254 g/mol. The van der Waals surface area contributed by atoms with Crippen molar-refractivity contribution in [2.45, 2.75) is 26.8 Å². The molecular weight excluding hydrogens is 236 g/mol. The highest BCUT2D eigenvalue weighted by atomic mass is 16.1. The second kappa shape index (κ2) is 5.65. The first-order chi connectivity index (χ1) is 9.08. The van der Waals surface area contributed by atoms with Gasteiger partial charge in [0.15, 0.2) is 0 Å². The molecule has 0 radical (unpaired) electrons. The number of pyridine rings is 1. The Balaban J connectivity index is 2.15. The minimum absolute atomic E-state index is 0.0562. The van der Waals surface area contributed by atoms with Gasteiger partial charge in [-0.3, -0.25) is 9.78 Å². The van der Waals surface area contributed by atoms with Crippen molar-refractivity contribution in [2.24, 2.45) is 0 Å². The first kappa shape index (κ1) is 13.3. The predicted octanol–water partition coefficient (Wildman–Crippen LogP) is 3.19. The minimum Gasteiger partial charge on any atom is -0.344 e. The molecule has 0 aliphatic carbocycles. The highest BCUT2D eigenvalue weighted by molar-refractivity contribution is 5.96. The number of nitrogens with zero attached hydrogens (tertiary/aromatic N) is 1. The molecule has 0 saturated heterocycles. The van der Waals surface area contributed by atoms with Gasteiger partial charge in [-0.25, -0.2) is 0 Å². The molecule has 1 unspecified atom stereocenters. The van der Waals surface area contributed by atoms with E-state index in [0.717, 1.165) is 22.4 Å². The van der Waals surface area contributed by atoms with E-state index in [4.69, 9.17) is 0 Å². The fraction of sp³-hybridized carbons (Fsp3) is 0.250. The van der Waals surface area contributed by atoms with E-state index < -0.39 is 0 Å². The van der Waals surface area contributed by atoms with Crippen LogP contribution in [-0.4, -0.2) is 10.9 Å². The lowest BCUT2D eigenvalue weighted by molar-refractivity contribution is 0.0938. The van der Waals surface area contributed by atoms with Gasteiger partial charge in [-0.15, -0.1) is 0 Å². The van der Waals surface area contributed by atoms with Gasteiger partial charge in [-0.05, 0) is 44.5 Å². The molecule has 0 saturated carbocycles. The van der Waals surface area contributed by atoms with Crippen LogP contribution in [0.2, 0.25) is 0 Å². The van der Waals surface area contributed by atoms with Gasteiger partial charge in [-0.1, -0.05) is 23.8 Å². The van der Waals surface area contributed by atoms with E-state index in [1.165, 1.54) is 0 Å². The van der Waals surface area contributed by atoms with Crippen molar-refractivity contribution in [3.8, 4) is 0 Å². The normalized spacial score (nSPS) is 11.9. The fourth-order valence-corrected chi connectivity index (χ4v) is 1.96. The minimum atomic E-state index is -0.103. The largest absolute Gasteiger partial charge is 0.344 e. The summed E-state index contributed by atoms with van der Waals surface area (Å²) in [5.41, 5.74) is 3.65. The molecular formula is C16H18N2O. The lowest BCUT2D eigenvalue weighted by atomic mass is 10.0. The van der Waals surface area contributed by atoms with Crippen molar-refractivity contribution in [1.29, 1.82) is 0 Å². The molecule has 0 aliphatic heterocycles. The Labute approximate surface area is 113 Å². The molecule has 1 aromatic heterocycles. The van der Waals surface area contributed by atoms with Crippen LogP contribution in [0.4, 0.5) is 0 Å². The molecule has 3 heteroatoms. The quantitative estimate of drug-likeness (QED) is 0.914. The predicted molar refractivity (Wildman–Crippen MR) is 76.0 cm³/mol. The Morgan fingerprint density at radius 2 is 2.00 bits per heavy atom. The summed E-state index contributed by atoms with van der Waals surface area (Å²) >= 11 is 0. The SMILES string of the molecule is Cc1ccc(C)c(C(=O)NC(C)c2ccccn2)c1. The monoisotopic (exact) mass is 254 g/mol. The molecule has 1 N–H and O–H groups in total. The van der Waals surface area contributed by atoms with E-state index in [1.54, 1.807) is 6.20 Å². The molecule has 19 heavy (non-hydrogen) atoms. The van der Waals surface area contributed by atoms with Crippen LogP contribution in [0.1, 0.15) is 40.1 Å². The van der Waals surface area contributed by atoms with Crippen molar-refractivity contribution in [2.75, 3.05) is 0 Å². The number of nitrogens with one attached hydrogen (secondary N) is 1. The molecule has 0 spiro atoms. The van der Waals surface area contributed by atoms with Crippen LogP contribution < -0.4 is 5.32 Å². The molecule has 2 rings (SSSR count). The summed E-state index contributed by atoms with van der Waals surface area (Å²) in [5, 5.41) is 2.98. The number of hydrogen-bond acceptors (Lipinski definition) is 2. The number of rotatable bonds is 3. The van der Waals surface area contributed by atoms with Crippen molar-refractivity contribution in [3.63, 3.8) is 0 Å². The zero-order chi connectivity index (χ0) is 13.8. The van der Waals surface area contributed by atoms with Crippen LogP contribution in [0.5, 0.6) is 0 Å². The third kappa shape index (κ3) is 3.19. The Kier molecular flexibility index (Phi) is 3.95. The summed E-state index contributed by atoms with van der Waals surface area (Å²) in [7, 11) is 0. The van der Waals surface area contributed by atoms with Gasteiger partial charge in [0.1, 0.15) is 0 Å². The van der Waals surface area contributed by atoms with Crippen LogP contribution in [0, 0.1) is 13.8 Å². The van der Waals surface area contributed by atoms with E-state index in [0.29, 0.717) is 0 Å². The lowest BCUT2D eigenvalue weighted by Gasteiger charge is -2.14. The van der Waals surface area contributed by atoms with Gasteiger partial charge in [0.25, 0.3) is 5.91 Å². The molecule has 0 fully saturated rings. The van der Waals surface area contributed by atoms with Crippen LogP contribution >= 0.6 is 0 Å². The molecule has 0 aliphatic rings. The van der Waals surface area contributed by atoms with E-state index in [1.807, 2.05) is 57.2 Å². The Morgan fingerprint density at radius 1 is 1.21 bits per heavy atom. The molecule has 98 valence electrons. The summed E-state index contributed by atoms with van der Waals surface area (Å²) in [6.45, 7) is 5.86. The number of aryl methyl sites for hydroxylation is 2. The van der Waals surface area contributed by atoms with Gasteiger partial charge in [0.05, 0.1) is 11.7 Å². The molecule has 1 aromatic carbocycles. The standard InChI is InChI=1S/C16H18N2O/c1-11-7-8-12(2)14(10-11)16(19)18-13(3)15-6-4-5-9-17-15/h4-10,13H,1-3H3,(H,18,19). The summed E-state index contributed by atoms with van der Waals surface area (Å²) in [4.78, 5) is 16.5. The maximum absolute atomic E-state index is 12.3. The maximum Gasteiger partial charge on any atom is 0.252 e. The van der Waals surface area contributed by atoms with Crippen LogP contribution in [0.3, 0.4) is 0 Å². The molecule has 1 atom stereocenters. The zero-order valence-corrected chi connectivity index (χ0v) is 11.5. The van der Waals surface area contributed by atoms with Crippen LogP contribution in [0.15, 0.2) is 42.6 Å². The maximum atomic E-state index is 12.3. The zero-order valence-electron chi connectivity index (χ0n) is 11.5. The van der Waals surface area contributed by atoms with Crippen molar-refractivity contribution >= 4 is 5.91 Å². The highest BCUT2D eigenvalue weighted by Gasteiger charge is 2.13.